The standard InChI is InChI=1S/C23H25N3O3S2/c1-12-7-15(8-18(12)27)26-23-17(10-24-11-25-23)20(28)19-9-16(13(2)31-19)21-22-14(3-5-29-21)4-6-30-22/h4,6,9-12,15,18,21,27H,3,5,7-8H2,1-2H3,(H,24,25,26)/t12-,15-,18+,21-/m1/s1. The molecule has 5 rings (SSSR count). The Hall–Kier alpha value is -2.13. The molecular weight excluding hydrogens is 430 g/mol. The van der Waals surface area contributed by atoms with Crippen LogP contribution in [0.4, 0.5) is 5.82 Å². The van der Waals surface area contributed by atoms with Crippen molar-refractivity contribution in [3.05, 3.63) is 61.4 Å². The van der Waals surface area contributed by atoms with Crippen molar-refractivity contribution < 1.29 is 14.6 Å². The van der Waals surface area contributed by atoms with Gasteiger partial charge in [0.2, 0.25) is 5.78 Å². The van der Waals surface area contributed by atoms with Crippen LogP contribution in [-0.2, 0) is 11.2 Å². The number of ether oxygens (including phenoxy) is 1. The van der Waals surface area contributed by atoms with Gasteiger partial charge in [0.15, 0.2) is 0 Å². The number of aliphatic hydroxyl groups is 1. The van der Waals surface area contributed by atoms with E-state index in [4.69, 9.17) is 4.74 Å². The molecule has 8 heteroatoms. The number of fused-ring (bicyclic) bond motifs is 1. The first kappa shape index (κ1) is 20.8. The second kappa shape index (κ2) is 8.43. The lowest BCUT2D eigenvalue weighted by molar-refractivity contribution is 0.0727. The molecule has 1 saturated carbocycles. The molecule has 0 spiro atoms. The summed E-state index contributed by atoms with van der Waals surface area (Å²) in [4.78, 5) is 24.8. The number of carbonyl (C=O) groups excluding carboxylic acids is 1. The third-order valence-electron chi connectivity index (χ3n) is 6.27. The summed E-state index contributed by atoms with van der Waals surface area (Å²) in [5, 5.41) is 15.5. The molecule has 162 valence electrons. The molecule has 0 aromatic carbocycles. The molecule has 1 fully saturated rings. The minimum Gasteiger partial charge on any atom is -0.393 e. The number of ketones is 1. The maximum Gasteiger partial charge on any atom is 0.208 e. The maximum absolute atomic E-state index is 13.4. The van der Waals surface area contributed by atoms with Crippen molar-refractivity contribution >= 4 is 34.3 Å². The number of thiophene rings is 2. The van der Waals surface area contributed by atoms with Gasteiger partial charge in [0.1, 0.15) is 18.2 Å². The molecule has 3 aromatic rings. The molecule has 0 amide bonds. The van der Waals surface area contributed by atoms with Crippen LogP contribution in [0.5, 0.6) is 0 Å². The first-order valence-corrected chi connectivity index (χ1v) is 12.3. The largest absolute Gasteiger partial charge is 0.393 e. The molecule has 4 heterocycles. The highest BCUT2D eigenvalue weighted by atomic mass is 32.1. The van der Waals surface area contributed by atoms with Gasteiger partial charge in [0, 0.05) is 27.6 Å². The van der Waals surface area contributed by atoms with Gasteiger partial charge in [-0.25, -0.2) is 9.97 Å². The zero-order chi connectivity index (χ0) is 21.5. The Balaban J connectivity index is 1.42. The average molecular weight is 456 g/mol. The molecule has 2 aliphatic rings. The number of hydrogen-bond donors (Lipinski definition) is 2. The van der Waals surface area contributed by atoms with Crippen LogP contribution in [0, 0.1) is 12.8 Å². The van der Waals surface area contributed by atoms with Crippen molar-refractivity contribution in [3.63, 3.8) is 0 Å². The van der Waals surface area contributed by atoms with Crippen molar-refractivity contribution in [3.8, 4) is 0 Å². The van der Waals surface area contributed by atoms with E-state index in [1.54, 1.807) is 17.5 Å². The fourth-order valence-corrected chi connectivity index (χ4v) is 6.55. The third kappa shape index (κ3) is 3.93. The van der Waals surface area contributed by atoms with Crippen molar-refractivity contribution in [2.24, 2.45) is 5.92 Å². The molecule has 0 bridgehead atoms. The first-order valence-electron chi connectivity index (χ1n) is 10.6. The molecule has 6 nitrogen and oxygen atoms in total. The van der Waals surface area contributed by atoms with Crippen LogP contribution in [0.25, 0.3) is 0 Å². The summed E-state index contributed by atoms with van der Waals surface area (Å²) < 4.78 is 6.11. The topological polar surface area (TPSA) is 84.3 Å². The van der Waals surface area contributed by atoms with Crippen LogP contribution in [0.15, 0.2) is 30.0 Å². The Labute approximate surface area is 189 Å². The molecule has 4 atom stereocenters. The van der Waals surface area contributed by atoms with E-state index in [1.165, 1.54) is 28.1 Å². The molecule has 2 N–H and O–H groups in total. The van der Waals surface area contributed by atoms with Gasteiger partial charge in [-0.05, 0) is 55.2 Å². The van der Waals surface area contributed by atoms with Gasteiger partial charge in [-0.2, -0.15) is 0 Å². The number of anilines is 1. The number of rotatable bonds is 5. The first-order chi connectivity index (χ1) is 15.0. The zero-order valence-corrected chi connectivity index (χ0v) is 19.1. The van der Waals surface area contributed by atoms with Crippen LogP contribution in [0.1, 0.15) is 62.0 Å². The molecule has 1 aliphatic carbocycles. The summed E-state index contributed by atoms with van der Waals surface area (Å²) in [6.45, 7) is 4.78. The fourth-order valence-electron chi connectivity index (χ4n) is 4.53. The van der Waals surface area contributed by atoms with Gasteiger partial charge in [-0.15, -0.1) is 22.7 Å². The summed E-state index contributed by atoms with van der Waals surface area (Å²) in [6.07, 6.45) is 5.05. The van der Waals surface area contributed by atoms with E-state index in [9.17, 15) is 9.90 Å². The summed E-state index contributed by atoms with van der Waals surface area (Å²) in [5.74, 6) is 0.684. The summed E-state index contributed by atoms with van der Waals surface area (Å²) in [7, 11) is 0. The molecule has 0 unspecified atom stereocenters. The molecule has 1 aliphatic heterocycles. The summed E-state index contributed by atoms with van der Waals surface area (Å²) in [6, 6.07) is 4.24. The number of carbonyl (C=O) groups is 1. The number of aromatic nitrogens is 2. The lowest BCUT2D eigenvalue weighted by Gasteiger charge is -2.23. The van der Waals surface area contributed by atoms with Crippen molar-refractivity contribution in [1.29, 1.82) is 0 Å². The number of hydrogen-bond acceptors (Lipinski definition) is 8. The molecule has 3 aromatic heterocycles. The number of nitrogens with one attached hydrogen (secondary N) is 1. The van der Waals surface area contributed by atoms with E-state index in [0.29, 0.717) is 29.3 Å². The van der Waals surface area contributed by atoms with Gasteiger partial charge >= 0.3 is 0 Å². The van der Waals surface area contributed by atoms with E-state index in [0.717, 1.165) is 23.3 Å². The van der Waals surface area contributed by atoms with Gasteiger partial charge in [-0.1, -0.05) is 6.92 Å². The monoisotopic (exact) mass is 455 g/mol. The quantitative estimate of drug-likeness (QED) is 0.556. The Morgan fingerprint density at radius 3 is 3.03 bits per heavy atom. The predicted octanol–water partition coefficient (Wildman–Crippen LogP) is 4.37. The number of nitrogens with zero attached hydrogens (tertiary/aromatic N) is 2. The predicted molar refractivity (Wildman–Crippen MR) is 122 cm³/mol. The van der Waals surface area contributed by atoms with Gasteiger partial charge in [0.25, 0.3) is 0 Å². The van der Waals surface area contributed by atoms with Crippen LogP contribution < -0.4 is 5.32 Å². The van der Waals surface area contributed by atoms with Crippen LogP contribution in [-0.4, -0.2) is 39.6 Å². The van der Waals surface area contributed by atoms with Crippen molar-refractivity contribution in [2.75, 3.05) is 11.9 Å². The summed E-state index contributed by atoms with van der Waals surface area (Å²) in [5.41, 5.74) is 2.87. The minimum absolute atomic E-state index is 0.0868. The second-order valence-corrected chi connectivity index (χ2v) is 10.6. The third-order valence-corrected chi connectivity index (χ3v) is 8.34. The van der Waals surface area contributed by atoms with E-state index in [-0.39, 0.29) is 30.0 Å². The van der Waals surface area contributed by atoms with E-state index >= 15 is 0 Å². The van der Waals surface area contributed by atoms with Crippen LogP contribution >= 0.6 is 22.7 Å². The van der Waals surface area contributed by atoms with Gasteiger partial charge in [-0.3, -0.25) is 4.79 Å². The Kier molecular flexibility index (Phi) is 5.64. The highest BCUT2D eigenvalue weighted by Gasteiger charge is 2.32. The molecule has 31 heavy (non-hydrogen) atoms. The second-order valence-electron chi connectivity index (χ2n) is 8.40. The number of aliphatic hydroxyl groups excluding tert-OH is 1. The van der Waals surface area contributed by atoms with Crippen LogP contribution in [0.3, 0.4) is 0 Å². The Morgan fingerprint density at radius 1 is 1.35 bits per heavy atom. The Morgan fingerprint density at radius 2 is 2.23 bits per heavy atom. The molecular formula is C23H25N3O3S2. The highest BCUT2D eigenvalue weighted by Crippen LogP contribution is 2.40. The minimum atomic E-state index is -0.321. The zero-order valence-electron chi connectivity index (χ0n) is 17.5. The molecule has 0 saturated heterocycles. The highest BCUT2D eigenvalue weighted by molar-refractivity contribution is 7.14. The van der Waals surface area contributed by atoms with Crippen molar-refractivity contribution in [2.45, 2.75) is 51.4 Å². The van der Waals surface area contributed by atoms with E-state index in [1.807, 2.05) is 19.9 Å². The number of aryl methyl sites for hydroxylation is 1. The Bertz CT molecular complexity index is 1100. The fraction of sp³-hybridized carbons (Fsp3) is 0.435. The van der Waals surface area contributed by atoms with Crippen molar-refractivity contribution in [1.82, 2.24) is 9.97 Å². The maximum atomic E-state index is 13.4. The van der Waals surface area contributed by atoms with E-state index in [2.05, 4.69) is 26.7 Å². The SMILES string of the molecule is Cc1sc(C(=O)c2cncnc2N[C@@H]2C[C@@H](C)[C@@H](O)C2)cc1[C@H]1OCCc2ccsc21. The molecule has 0 radical (unpaired) electrons. The summed E-state index contributed by atoms with van der Waals surface area (Å²) >= 11 is 3.21. The van der Waals surface area contributed by atoms with Crippen LogP contribution in [0.2, 0.25) is 0 Å². The van der Waals surface area contributed by atoms with E-state index < -0.39 is 0 Å². The normalized spacial score (nSPS) is 25.4. The smallest absolute Gasteiger partial charge is 0.208 e. The average Bonchev–Trinajstić information content (AvgIpc) is 3.47. The lowest BCUT2D eigenvalue weighted by atomic mass is 10.0. The lowest BCUT2D eigenvalue weighted by Crippen LogP contribution is -2.20. The van der Waals surface area contributed by atoms with Gasteiger partial charge in [0.05, 0.1) is 23.2 Å². The van der Waals surface area contributed by atoms with Gasteiger partial charge < -0.3 is 15.2 Å².